The summed E-state index contributed by atoms with van der Waals surface area (Å²) in [5.41, 5.74) is 1.55. The fraction of sp³-hybridized carbons (Fsp3) is 0.200. The van der Waals surface area contributed by atoms with Crippen LogP contribution in [-0.4, -0.2) is 10.9 Å². The monoisotopic (exact) mass is 356 g/mol. The van der Waals surface area contributed by atoms with E-state index in [1.807, 2.05) is 6.92 Å². The summed E-state index contributed by atoms with van der Waals surface area (Å²) in [5.74, 6) is 0.186. The lowest BCUT2D eigenvalue weighted by atomic mass is 10.1. The molecule has 134 valence electrons. The van der Waals surface area contributed by atoms with Crippen LogP contribution >= 0.6 is 0 Å². The molecule has 0 aliphatic rings. The molecule has 1 aromatic heterocycles. The highest BCUT2D eigenvalue weighted by Crippen LogP contribution is 2.21. The molecule has 0 aliphatic carbocycles. The Bertz CT molecular complexity index is 874. The molecule has 0 aliphatic heterocycles. The number of nitrogens with zero attached hydrogens (tertiary/aromatic N) is 1. The number of oxazole rings is 1. The maximum atomic E-state index is 13.0. The molecule has 3 aromatic rings. The topological polar surface area (TPSA) is 55.1 Å². The number of halogens is 2. The van der Waals surface area contributed by atoms with E-state index in [4.69, 9.17) is 4.42 Å². The number of amides is 1. The highest BCUT2D eigenvalue weighted by molar-refractivity contribution is 5.76. The number of aromatic nitrogens is 1. The third-order valence-electron chi connectivity index (χ3n) is 4.00. The van der Waals surface area contributed by atoms with Gasteiger partial charge in [-0.3, -0.25) is 4.79 Å². The Morgan fingerprint density at radius 1 is 1.08 bits per heavy atom. The molecule has 1 unspecified atom stereocenters. The number of nitrogens with one attached hydrogen (secondary N) is 1. The molecule has 0 saturated heterocycles. The quantitative estimate of drug-likeness (QED) is 0.711. The number of carbonyl (C=O) groups excluding carboxylic acids is 1. The van der Waals surface area contributed by atoms with Crippen molar-refractivity contribution in [1.29, 1.82) is 0 Å². The number of aryl methyl sites for hydroxylation is 1. The molecule has 0 spiro atoms. The number of hydrogen-bond acceptors (Lipinski definition) is 3. The second-order valence-electron chi connectivity index (χ2n) is 5.97. The summed E-state index contributed by atoms with van der Waals surface area (Å²) in [6, 6.07) is 11.7. The van der Waals surface area contributed by atoms with Crippen molar-refractivity contribution >= 4 is 5.91 Å². The van der Waals surface area contributed by atoms with Crippen molar-refractivity contribution in [3.8, 4) is 11.3 Å². The van der Waals surface area contributed by atoms with Gasteiger partial charge in [0, 0.05) is 18.4 Å². The standard InChI is InChI=1S/C20H18F2N2O2/c1-13(14-2-6-16(21)7-3-14)24-19(25)10-11-20-23-12-18(26-20)15-4-8-17(22)9-5-15/h2-9,12-13H,10-11H2,1H3,(H,24,25). The van der Waals surface area contributed by atoms with Crippen LogP contribution in [0.1, 0.15) is 30.8 Å². The van der Waals surface area contributed by atoms with Gasteiger partial charge < -0.3 is 9.73 Å². The van der Waals surface area contributed by atoms with Gasteiger partial charge in [-0.05, 0) is 48.9 Å². The summed E-state index contributed by atoms with van der Waals surface area (Å²) >= 11 is 0. The summed E-state index contributed by atoms with van der Waals surface area (Å²) in [6.45, 7) is 1.84. The van der Waals surface area contributed by atoms with Crippen molar-refractivity contribution in [2.45, 2.75) is 25.8 Å². The van der Waals surface area contributed by atoms with E-state index in [9.17, 15) is 13.6 Å². The van der Waals surface area contributed by atoms with Crippen molar-refractivity contribution in [2.75, 3.05) is 0 Å². The van der Waals surface area contributed by atoms with Gasteiger partial charge in [-0.1, -0.05) is 12.1 Å². The minimum atomic E-state index is -0.319. The molecule has 0 fully saturated rings. The van der Waals surface area contributed by atoms with Crippen LogP contribution in [0.5, 0.6) is 0 Å². The van der Waals surface area contributed by atoms with Crippen LogP contribution in [0.15, 0.2) is 59.1 Å². The van der Waals surface area contributed by atoms with Gasteiger partial charge >= 0.3 is 0 Å². The van der Waals surface area contributed by atoms with E-state index < -0.39 is 0 Å². The van der Waals surface area contributed by atoms with E-state index in [0.29, 0.717) is 18.1 Å². The van der Waals surface area contributed by atoms with E-state index in [-0.39, 0.29) is 30.0 Å². The number of rotatable bonds is 6. The molecule has 1 amide bonds. The molecule has 0 saturated carbocycles. The largest absolute Gasteiger partial charge is 0.441 e. The zero-order valence-corrected chi connectivity index (χ0v) is 14.2. The fourth-order valence-electron chi connectivity index (χ4n) is 2.54. The number of benzene rings is 2. The molecule has 1 heterocycles. The zero-order chi connectivity index (χ0) is 18.5. The van der Waals surface area contributed by atoms with Crippen molar-refractivity contribution in [2.24, 2.45) is 0 Å². The van der Waals surface area contributed by atoms with E-state index in [0.717, 1.165) is 11.1 Å². The molecule has 0 radical (unpaired) electrons. The van der Waals surface area contributed by atoms with Gasteiger partial charge in [0.25, 0.3) is 0 Å². The smallest absolute Gasteiger partial charge is 0.220 e. The molecular formula is C20H18F2N2O2. The van der Waals surface area contributed by atoms with E-state index in [1.54, 1.807) is 30.5 Å². The highest BCUT2D eigenvalue weighted by Gasteiger charge is 2.12. The maximum absolute atomic E-state index is 13.0. The SMILES string of the molecule is CC(NC(=O)CCc1ncc(-c2ccc(F)cc2)o1)c1ccc(F)cc1. The van der Waals surface area contributed by atoms with Gasteiger partial charge in [0.1, 0.15) is 11.6 Å². The van der Waals surface area contributed by atoms with Gasteiger partial charge in [0.15, 0.2) is 11.7 Å². The van der Waals surface area contributed by atoms with Crippen molar-refractivity contribution in [1.82, 2.24) is 10.3 Å². The van der Waals surface area contributed by atoms with Crippen molar-refractivity contribution in [3.63, 3.8) is 0 Å². The number of hydrogen-bond donors (Lipinski definition) is 1. The Hall–Kier alpha value is -3.02. The van der Waals surface area contributed by atoms with Gasteiger partial charge in [-0.25, -0.2) is 13.8 Å². The second-order valence-corrected chi connectivity index (χ2v) is 5.97. The van der Waals surface area contributed by atoms with Crippen LogP contribution in [0.4, 0.5) is 8.78 Å². The molecule has 3 rings (SSSR count). The average molecular weight is 356 g/mol. The van der Waals surface area contributed by atoms with Crippen molar-refractivity contribution in [3.05, 3.63) is 77.8 Å². The lowest BCUT2D eigenvalue weighted by Gasteiger charge is -2.14. The van der Waals surface area contributed by atoms with Gasteiger partial charge in [-0.15, -0.1) is 0 Å². The predicted molar refractivity (Wildman–Crippen MR) is 93.2 cm³/mol. The highest BCUT2D eigenvalue weighted by atomic mass is 19.1. The van der Waals surface area contributed by atoms with Crippen LogP contribution in [0.2, 0.25) is 0 Å². The van der Waals surface area contributed by atoms with E-state index in [1.165, 1.54) is 24.3 Å². The first-order valence-corrected chi connectivity index (χ1v) is 8.27. The molecule has 0 bridgehead atoms. The van der Waals surface area contributed by atoms with Crippen molar-refractivity contribution < 1.29 is 18.0 Å². The molecule has 1 atom stereocenters. The first-order chi connectivity index (χ1) is 12.5. The summed E-state index contributed by atoms with van der Waals surface area (Å²) in [4.78, 5) is 16.2. The molecule has 6 heteroatoms. The molecule has 26 heavy (non-hydrogen) atoms. The Morgan fingerprint density at radius 3 is 2.35 bits per heavy atom. The molecule has 2 aromatic carbocycles. The number of carbonyl (C=O) groups is 1. The second kappa shape index (κ2) is 7.91. The van der Waals surface area contributed by atoms with Crippen LogP contribution in [0, 0.1) is 11.6 Å². The summed E-state index contributed by atoms with van der Waals surface area (Å²) in [6.07, 6.45) is 2.12. The first-order valence-electron chi connectivity index (χ1n) is 8.27. The summed E-state index contributed by atoms with van der Waals surface area (Å²) in [5, 5.41) is 2.86. The summed E-state index contributed by atoms with van der Waals surface area (Å²) < 4.78 is 31.5. The summed E-state index contributed by atoms with van der Waals surface area (Å²) in [7, 11) is 0. The first kappa shape index (κ1) is 17.8. The zero-order valence-electron chi connectivity index (χ0n) is 14.2. The Morgan fingerprint density at radius 2 is 1.69 bits per heavy atom. The third kappa shape index (κ3) is 4.53. The molecule has 4 nitrogen and oxygen atoms in total. The van der Waals surface area contributed by atoms with Crippen LogP contribution in [0.25, 0.3) is 11.3 Å². The Balaban J connectivity index is 1.53. The fourth-order valence-corrected chi connectivity index (χ4v) is 2.54. The molecular weight excluding hydrogens is 338 g/mol. The lowest BCUT2D eigenvalue weighted by Crippen LogP contribution is -2.26. The minimum absolute atomic E-state index is 0.150. The average Bonchev–Trinajstić information content (AvgIpc) is 3.10. The Kier molecular flexibility index (Phi) is 5.41. The van der Waals surface area contributed by atoms with E-state index >= 15 is 0 Å². The van der Waals surface area contributed by atoms with Crippen LogP contribution in [0.3, 0.4) is 0 Å². The van der Waals surface area contributed by atoms with Gasteiger partial charge in [-0.2, -0.15) is 0 Å². The Labute approximate surface area is 149 Å². The lowest BCUT2D eigenvalue weighted by molar-refractivity contribution is -0.121. The van der Waals surface area contributed by atoms with Gasteiger partial charge in [0.2, 0.25) is 5.91 Å². The van der Waals surface area contributed by atoms with Crippen LogP contribution in [-0.2, 0) is 11.2 Å². The molecule has 1 N–H and O–H groups in total. The van der Waals surface area contributed by atoms with E-state index in [2.05, 4.69) is 10.3 Å². The predicted octanol–water partition coefficient (Wildman–Crippen LogP) is 4.43. The third-order valence-corrected chi connectivity index (χ3v) is 4.00. The normalized spacial score (nSPS) is 12.0. The maximum Gasteiger partial charge on any atom is 0.220 e. The minimum Gasteiger partial charge on any atom is -0.441 e. The van der Waals surface area contributed by atoms with Crippen LogP contribution < -0.4 is 5.32 Å². The van der Waals surface area contributed by atoms with Gasteiger partial charge in [0.05, 0.1) is 12.2 Å².